The highest BCUT2D eigenvalue weighted by molar-refractivity contribution is 9.10. The molecule has 0 heterocycles. The Labute approximate surface area is 120 Å². The molecule has 0 aromatic heterocycles. The van der Waals surface area contributed by atoms with Crippen molar-refractivity contribution in [2.24, 2.45) is 5.92 Å². The molecule has 1 unspecified atom stereocenters. The third-order valence-electron chi connectivity index (χ3n) is 2.41. The molecule has 0 bridgehead atoms. The third kappa shape index (κ3) is 5.42. The van der Waals surface area contributed by atoms with Gasteiger partial charge in [-0.3, -0.25) is 4.79 Å². The van der Waals surface area contributed by atoms with Gasteiger partial charge in [-0.15, -0.1) is 0 Å². The van der Waals surface area contributed by atoms with Crippen molar-refractivity contribution in [3.8, 4) is 0 Å². The standard InChI is InChI=1S/C13H18BrNO2S/c1-9(6-16)7-18-8-13(17)15-12-4-3-11(14)5-10(12)2/h3-5,9,16H,6-8H2,1-2H3,(H,15,17). The van der Waals surface area contributed by atoms with Crippen molar-refractivity contribution in [2.45, 2.75) is 13.8 Å². The molecule has 0 aliphatic heterocycles. The fourth-order valence-electron chi connectivity index (χ4n) is 1.36. The minimum Gasteiger partial charge on any atom is -0.396 e. The second-order valence-corrected chi connectivity index (χ2v) is 6.26. The van der Waals surface area contributed by atoms with E-state index in [0.29, 0.717) is 5.75 Å². The number of amides is 1. The summed E-state index contributed by atoms with van der Waals surface area (Å²) in [5.41, 5.74) is 1.88. The highest BCUT2D eigenvalue weighted by Gasteiger charge is 2.07. The van der Waals surface area contributed by atoms with Crippen LogP contribution in [0.3, 0.4) is 0 Å². The molecule has 1 atom stereocenters. The van der Waals surface area contributed by atoms with Crippen molar-refractivity contribution < 1.29 is 9.90 Å². The van der Waals surface area contributed by atoms with Gasteiger partial charge in [0.25, 0.3) is 0 Å². The minimum absolute atomic E-state index is 0.00411. The number of thioether (sulfide) groups is 1. The predicted molar refractivity (Wildman–Crippen MR) is 81.1 cm³/mol. The van der Waals surface area contributed by atoms with Gasteiger partial charge < -0.3 is 10.4 Å². The number of aryl methyl sites for hydroxylation is 1. The number of aliphatic hydroxyl groups is 1. The minimum atomic E-state index is -0.00411. The highest BCUT2D eigenvalue weighted by atomic mass is 79.9. The van der Waals surface area contributed by atoms with E-state index < -0.39 is 0 Å². The Bertz CT molecular complexity index is 412. The van der Waals surface area contributed by atoms with Crippen LogP contribution in [-0.2, 0) is 4.79 Å². The Balaban J connectivity index is 2.40. The van der Waals surface area contributed by atoms with E-state index in [9.17, 15) is 4.79 Å². The number of carbonyl (C=O) groups is 1. The Morgan fingerprint density at radius 1 is 1.56 bits per heavy atom. The van der Waals surface area contributed by atoms with Gasteiger partial charge in [-0.1, -0.05) is 22.9 Å². The summed E-state index contributed by atoms with van der Waals surface area (Å²) in [5, 5.41) is 11.8. The first-order chi connectivity index (χ1) is 8.52. The molecule has 100 valence electrons. The van der Waals surface area contributed by atoms with Gasteiger partial charge in [0.2, 0.25) is 5.91 Å². The summed E-state index contributed by atoms with van der Waals surface area (Å²) in [7, 11) is 0. The Kier molecular flexibility index (Phi) is 6.75. The maximum atomic E-state index is 11.7. The van der Waals surface area contributed by atoms with Crippen molar-refractivity contribution in [1.82, 2.24) is 0 Å². The van der Waals surface area contributed by atoms with Crippen LogP contribution in [0, 0.1) is 12.8 Å². The Hall–Kier alpha value is -0.520. The molecule has 1 aromatic rings. The van der Waals surface area contributed by atoms with E-state index in [2.05, 4.69) is 21.2 Å². The fourth-order valence-corrected chi connectivity index (χ4v) is 2.72. The molecule has 1 rings (SSSR count). The zero-order valence-corrected chi connectivity index (χ0v) is 13.0. The molecule has 0 aliphatic rings. The zero-order chi connectivity index (χ0) is 13.5. The van der Waals surface area contributed by atoms with Crippen molar-refractivity contribution >= 4 is 39.3 Å². The number of halogens is 1. The highest BCUT2D eigenvalue weighted by Crippen LogP contribution is 2.20. The van der Waals surface area contributed by atoms with Crippen LogP contribution in [-0.4, -0.2) is 29.1 Å². The molecule has 0 saturated heterocycles. The topological polar surface area (TPSA) is 49.3 Å². The van der Waals surface area contributed by atoms with Crippen molar-refractivity contribution in [1.29, 1.82) is 0 Å². The molecule has 0 fully saturated rings. The second kappa shape index (κ2) is 7.81. The summed E-state index contributed by atoms with van der Waals surface area (Å²) in [6.07, 6.45) is 0. The number of anilines is 1. The summed E-state index contributed by atoms with van der Waals surface area (Å²) >= 11 is 4.93. The average molecular weight is 332 g/mol. The lowest BCUT2D eigenvalue weighted by Crippen LogP contribution is -2.16. The molecule has 0 saturated carbocycles. The first-order valence-electron chi connectivity index (χ1n) is 5.77. The average Bonchev–Trinajstić information content (AvgIpc) is 2.32. The van der Waals surface area contributed by atoms with Crippen LogP contribution < -0.4 is 5.32 Å². The van der Waals surface area contributed by atoms with Crippen LogP contribution in [0.25, 0.3) is 0 Å². The van der Waals surface area contributed by atoms with Gasteiger partial charge in [-0.25, -0.2) is 0 Å². The molecule has 0 aliphatic carbocycles. The molecule has 1 amide bonds. The van der Waals surface area contributed by atoms with E-state index in [1.165, 1.54) is 0 Å². The van der Waals surface area contributed by atoms with Crippen LogP contribution in [0.15, 0.2) is 22.7 Å². The van der Waals surface area contributed by atoms with E-state index in [1.807, 2.05) is 32.0 Å². The van der Waals surface area contributed by atoms with Gasteiger partial charge in [0.15, 0.2) is 0 Å². The smallest absolute Gasteiger partial charge is 0.234 e. The number of carbonyl (C=O) groups excluding carboxylic acids is 1. The van der Waals surface area contributed by atoms with E-state index in [1.54, 1.807) is 11.8 Å². The van der Waals surface area contributed by atoms with Gasteiger partial charge in [0.05, 0.1) is 5.75 Å². The number of hydrogen-bond acceptors (Lipinski definition) is 3. The van der Waals surface area contributed by atoms with Gasteiger partial charge in [-0.05, 0) is 42.4 Å². The summed E-state index contributed by atoms with van der Waals surface area (Å²) in [6.45, 7) is 4.09. The van der Waals surface area contributed by atoms with Crippen molar-refractivity contribution in [3.63, 3.8) is 0 Å². The van der Waals surface area contributed by atoms with Crippen LogP contribution in [0.2, 0.25) is 0 Å². The maximum absolute atomic E-state index is 11.7. The van der Waals surface area contributed by atoms with Gasteiger partial charge >= 0.3 is 0 Å². The van der Waals surface area contributed by atoms with Crippen LogP contribution >= 0.6 is 27.7 Å². The quantitative estimate of drug-likeness (QED) is 0.842. The lowest BCUT2D eigenvalue weighted by molar-refractivity contribution is -0.113. The first kappa shape index (κ1) is 15.5. The second-order valence-electron chi connectivity index (χ2n) is 4.31. The van der Waals surface area contributed by atoms with Crippen LogP contribution in [0.1, 0.15) is 12.5 Å². The monoisotopic (exact) mass is 331 g/mol. The van der Waals surface area contributed by atoms with Crippen LogP contribution in [0.4, 0.5) is 5.69 Å². The Morgan fingerprint density at radius 3 is 2.89 bits per heavy atom. The third-order valence-corrected chi connectivity index (χ3v) is 4.17. The Morgan fingerprint density at radius 2 is 2.28 bits per heavy atom. The summed E-state index contributed by atoms with van der Waals surface area (Å²) in [6, 6.07) is 5.76. The molecule has 18 heavy (non-hydrogen) atoms. The normalized spacial score (nSPS) is 12.2. The number of rotatable bonds is 6. The number of nitrogens with one attached hydrogen (secondary N) is 1. The van der Waals surface area contributed by atoms with Crippen molar-refractivity contribution in [2.75, 3.05) is 23.4 Å². The lowest BCUT2D eigenvalue weighted by atomic mass is 10.2. The molecule has 0 radical (unpaired) electrons. The SMILES string of the molecule is Cc1cc(Br)ccc1NC(=O)CSCC(C)CO. The maximum Gasteiger partial charge on any atom is 0.234 e. The lowest BCUT2D eigenvalue weighted by Gasteiger charge is -2.10. The van der Waals surface area contributed by atoms with E-state index >= 15 is 0 Å². The number of hydrogen-bond donors (Lipinski definition) is 2. The molecule has 3 nitrogen and oxygen atoms in total. The number of benzene rings is 1. The fraction of sp³-hybridized carbons (Fsp3) is 0.462. The van der Waals surface area contributed by atoms with Gasteiger partial charge in [-0.2, -0.15) is 11.8 Å². The predicted octanol–water partition coefficient (Wildman–Crippen LogP) is 3.06. The van der Waals surface area contributed by atoms with Crippen molar-refractivity contribution in [3.05, 3.63) is 28.2 Å². The van der Waals surface area contributed by atoms with E-state index in [-0.39, 0.29) is 18.4 Å². The summed E-state index contributed by atoms with van der Waals surface area (Å²) in [5.74, 6) is 1.44. The molecule has 1 aromatic carbocycles. The molecule has 2 N–H and O–H groups in total. The molecular weight excluding hydrogens is 314 g/mol. The molecule has 0 spiro atoms. The van der Waals surface area contributed by atoms with Gasteiger partial charge in [0, 0.05) is 16.8 Å². The number of aliphatic hydroxyl groups excluding tert-OH is 1. The summed E-state index contributed by atoms with van der Waals surface area (Å²) < 4.78 is 1.00. The summed E-state index contributed by atoms with van der Waals surface area (Å²) in [4.78, 5) is 11.7. The van der Waals surface area contributed by atoms with E-state index in [0.717, 1.165) is 21.5 Å². The molecule has 5 heteroatoms. The molecular formula is C13H18BrNO2S. The van der Waals surface area contributed by atoms with Crippen LogP contribution in [0.5, 0.6) is 0 Å². The first-order valence-corrected chi connectivity index (χ1v) is 7.72. The largest absolute Gasteiger partial charge is 0.396 e. The van der Waals surface area contributed by atoms with E-state index in [4.69, 9.17) is 5.11 Å². The zero-order valence-electron chi connectivity index (χ0n) is 10.6. The van der Waals surface area contributed by atoms with Gasteiger partial charge in [0.1, 0.15) is 0 Å².